The van der Waals surface area contributed by atoms with Crippen LogP contribution in [0.1, 0.15) is 35.2 Å². The SMILES string of the molecule is NC1CC(C(=O)c2ccc3c(c2)CCCO3)C1. The summed E-state index contributed by atoms with van der Waals surface area (Å²) < 4.78 is 5.54. The van der Waals surface area contributed by atoms with E-state index in [1.54, 1.807) is 0 Å². The second kappa shape index (κ2) is 4.15. The van der Waals surface area contributed by atoms with Crippen molar-refractivity contribution in [3.05, 3.63) is 29.3 Å². The van der Waals surface area contributed by atoms with E-state index < -0.39 is 0 Å². The van der Waals surface area contributed by atoms with Crippen molar-refractivity contribution in [3.63, 3.8) is 0 Å². The summed E-state index contributed by atoms with van der Waals surface area (Å²) >= 11 is 0. The standard InChI is InChI=1S/C14H17NO2/c15-12-7-11(8-12)14(16)10-3-4-13-9(6-10)2-1-5-17-13/h3-4,6,11-12H,1-2,5,7-8,15H2. The van der Waals surface area contributed by atoms with Crippen molar-refractivity contribution < 1.29 is 9.53 Å². The molecule has 1 saturated carbocycles. The Labute approximate surface area is 101 Å². The molecule has 0 aromatic heterocycles. The summed E-state index contributed by atoms with van der Waals surface area (Å²) in [5.74, 6) is 1.34. The Morgan fingerprint density at radius 3 is 2.94 bits per heavy atom. The monoisotopic (exact) mass is 231 g/mol. The number of fused-ring (bicyclic) bond motifs is 1. The minimum absolute atomic E-state index is 0.146. The van der Waals surface area contributed by atoms with Crippen LogP contribution >= 0.6 is 0 Å². The number of hydrogen-bond acceptors (Lipinski definition) is 3. The van der Waals surface area contributed by atoms with Gasteiger partial charge < -0.3 is 10.5 Å². The van der Waals surface area contributed by atoms with Crippen molar-refractivity contribution in [3.8, 4) is 5.75 Å². The molecule has 0 radical (unpaired) electrons. The van der Waals surface area contributed by atoms with Crippen molar-refractivity contribution in [1.29, 1.82) is 0 Å². The molecule has 0 amide bonds. The number of rotatable bonds is 2. The fourth-order valence-corrected chi connectivity index (χ4v) is 2.63. The predicted octanol–water partition coefficient (Wildman–Crippen LogP) is 1.93. The van der Waals surface area contributed by atoms with Crippen molar-refractivity contribution in [2.45, 2.75) is 31.7 Å². The van der Waals surface area contributed by atoms with Gasteiger partial charge in [-0.25, -0.2) is 0 Å². The first-order chi connectivity index (χ1) is 8.24. The van der Waals surface area contributed by atoms with E-state index in [1.807, 2.05) is 18.2 Å². The first-order valence-corrected chi connectivity index (χ1v) is 6.29. The number of ketones is 1. The van der Waals surface area contributed by atoms with Crippen LogP contribution in [-0.4, -0.2) is 18.4 Å². The van der Waals surface area contributed by atoms with E-state index in [2.05, 4.69) is 0 Å². The molecule has 3 nitrogen and oxygen atoms in total. The number of aryl methyl sites for hydroxylation is 1. The minimum atomic E-state index is 0.146. The van der Waals surface area contributed by atoms with Gasteiger partial charge in [-0.2, -0.15) is 0 Å². The Hall–Kier alpha value is -1.35. The number of carbonyl (C=O) groups is 1. The molecule has 0 saturated heterocycles. The summed E-state index contributed by atoms with van der Waals surface area (Å²) in [6, 6.07) is 6.04. The van der Waals surface area contributed by atoms with Crippen molar-refractivity contribution in [2.75, 3.05) is 6.61 Å². The molecule has 1 aliphatic heterocycles. The highest BCUT2D eigenvalue weighted by molar-refractivity contribution is 5.98. The highest BCUT2D eigenvalue weighted by Gasteiger charge is 2.32. The van der Waals surface area contributed by atoms with Crippen LogP contribution in [0.25, 0.3) is 0 Å². The van der Waals surface area contributed by atoms with Crippen LogP contribution in [0.5, 0.6) is 5.75 Å². The van der Waals surface area contributed by atoms with E-state index in [9.17, 15) is 4.79 Å². The van der Waals surface area contributed by atoms with Crippen LogP contribution in [0, 0.1) is 5.92 Å². The zero-order chi connectivity index (χ0) is 11.8. The van der Waals surface area contributed by atoms with Gasteiger partial charge >= 0.3 is 0 Å². The number of carbonyl (C=O) groups excluding carboxylic acids is 1. The molecule has 0 unspecified atom stereocenters. The first kappa shape index (κ1) is 10.8. The molecule has 1 aliphatic carbocycles. The Kier molecular flexibility index (Phi) is 2.63. The number of hydrogen-bond donors (Lipinski definition) is 1. The Morgan fingerprint density at radius 1 is 1.35 bits per heavy atom. The summed E-state index contributed by atoms with van der Waals surface area (Å²) in [6.07, 6.45) is 3.73. The normalized spacial score (nSPS) is 26.6. The summed E-state index contributed by atoms with van der Waals surface area (Å²) in [5, 5.41) is 0. The average molecular weight is 231 g/mol. The Bertz CT molecular complexity index is 450. The fraction of sp³-hybridized carbons (Fsp3) is 0.500. The van der Waals surface area contributed by atoms with Crippen molar-refractivity contribution >= 4 is 5.78 Å². The van der Waals surface area contributed by atoms with E-state index in [0.29, 0.717) is 0 Å². The zero-order valence-electron chi connectivity index (χ0n) is 9.82. The van der Waals surface area contributed by atoms with Crippen LogP contribution in [0.4, 0.5) is 0 Å². The summed E-state index contributed by atoms with van der Waals surface area (Å²) in [4.78, 5) is 12.2. The molecule has 1 fully saturated rings. The van der Waals surface area contributed by atoms with E-state index in [0.717, 1.165) is 43.6 Å². The molecule has 1 aromatic rings. The molecule has 17 heavy (non-hydrogen) atoms. The fourth-order valence-electron chi connectivity index (χ4n) is 2.63. The van der Waals surface area contributed by atoms with Crippen molar-refractivity contribution in [1.82, 2.24) is 0 Å². The van der Waals surface area contributed by atoms with Gasteiger partial charge in [0.1, 0.15) is 5.75 Å². The van der Waals surface area contributed by atoms with Gasteiger partial charge in [0, 0.05) is 17.5 Å². The van der Waals surface area contributed by atoms with Crippen LogP contribution in [0.2, 0.25) is 0 Å². The molecule has 2 N–H and O–H groups in total. The minimum Gasteiger partial charge on any atom is -0.493 e. The van der Waals surface area contributed by atoms with Gasteiger partial charge in [-0.3, -0.25) is 4.79 Å². The maximum absolute atomic E-state index is 12.2. The topological polar surface area (TPSA) is 52.3 Å². The molecule has 3 heteroatoms. The van der Waals surface area contributed by atoms with Gasteiger partial charge in [-0.05, 0) is 49.4 Å². The second-order valence-corrected chi connectivity index (χ2v) is 5.07. The average Bonchev–Trinajstić information content (AvgIpc) is 2.33. The first-order valence-electron chi connectivity index (χ1n) is 6.29. The van der Waals surface area contributed by atoms with Gasteiger partial charge in [0.25, 0.3) is 0 Å². The molecule has 2 aliphatic rings. The number of ether oxygens (including phenoxy) is 1. The molecular formula is C14H17NO2. The lowest BCUT2D eigenvalue weighted by Crippen LogP contribution is -2.40. The highest BCUT2D eigenvalue weighted by atomic mass is 16.5. The van der Waals surface area contributed by atoms with Crippen LogP contribution < -0.4 is 10.5 Å². The second-order valence-electron chi connectivity index (χ2n) is 5.07. The molecule has 0 bridgehead atoms. The Balaban J connectivity index is 1.81. The van der Waals surface area contributed by atoms with Gasteiger partial charge in [-0.1, -0.05) is 0 Å². The smallest absolute Gasteiger partial charge is 0.166 e. The summed E-state index contributed by atoms with van der Waals surface area (Å²) in [6.45, 7) is 0.789. The van der Waals surface area contributed by atoms with E-state index >= 15 is 0 Å². The van der Waals surface area contributed by atoms with Gasteiger partial charge in [0.15, 0.2) is 5.78 Å². The van der Waals surface area contributed by atoms with Gasteiger partial charge in [0.05, 0.1) is 6.61 Å². The molecular weight excluding hydrogens is 214 g/mol. The van der Waals surface area contributed by atoms with Gasteiger partial charge in [-0.15, -0.1) is 0 Å². The molecule has 0 atom stereocenters. The molecule has 90 valence electrons. The summed E-state index contributed by atoms with van der Waals surface area (Å²) in [5.41, 5.74) is 7.72. The largest absolute Gasteiger partial charge is 0.493 e. The van der Waals surface area contributed by atoms with E-state index in [1.165, 1.54) is 5.56 Å². The van der Waals surface area contributed by atoms with Crippen molar-refractivity contribution in [2.24, 2.45) is 11.7 Å². The summed E-state index contributed by atoms with van der Waals surface area (Å²) in [7, 11) is 0. The highest BCUT2D eigenvalue weighted by Crippen LogP contribution is 2.31. The third-order valence-electron chi connectivity index (χ3n) is 3.74. The van der Waals surface area contributed by atoms with E-state index in [-0.39, 0.29) is 17.7 Å². The lowest BCUT2D eigenvalue weighted by Gasteiger charge is -2.31. The quantitative estimate of drug-likeness (QED) is 0.791. The number of benzene rings is 1. The number of nitrogens with two attached hydrogens (primary N) is 1. The third-order valence-corrected chi connectivity index (χ3v) is 3.74. The maximum atomic E-state index is 12.2. The molecule has 3 rings (SSSR count). The van der Waals surface area contributed by atoms with E-state index in [4.69, 9.17) is 10.5 Å². The molecule has 1 aromatic carbocycles. The lowest BCUT2D eigenvalue weighted by atomic mass is 9.76. The lowest BCUT2D eigenvalue weighted by molar-refractivity contribution is 0.0832. The molecule has 1 heterocycles. The van der Waals surface area contributed by atoms with Gasteiger partial charge in [0.2, 0.25) is 0 Å². The third kappa shape index (κ3) is 1.95. The zero-order valence-corrected chi connectivity index (χ0v) is 9.82. The van der Waals surface area contributed by atoms with Crippen LogP contribution in [-0.2, 0) is 6.42 Å². The molecule has 0 spiro atoms. The predicted molar refractivity (Wildman–Crippen MR) is 65.3 cm³/mol. The van der Waals surface area contributed by atoms with Crippen LogP contribution in [0.3, 0.4) is 0 Å². The maximum Gasteiger partial charge on any atom is 0.166 e. The number of Topliss-reactive ketones (excluding diaryl/α,β-unsaturated/α-hetero) is 1. The van der Waals surface area contributed by atoms with Crippen LogP contribution in [0.15, 0.2) is 18.2 Å². The Morgan fingerprint density at radius 2 is 2.18 bits per heavy atom.